The van der Waals surface area contributed by atoms with E-state index in [9.17, 15) is 9.59 Å². The van der Waals surface area contributed by atoms with Crippen molar-refractivity contribution in [2.45, 2.75) is 11.6 Å². The minimum absolute atomic E-state index is 0.184. The molecular weight excluding hydrogens is 304 g/mol. The van der Waals surface area contributed by atoms with Crippen LogP contribution in [0.5, 0.6) is 5.75 Å². The molecule has 0 saturated heterocycles. The van der Waals surface area contributed by atoms with Gasteiger partial charge in [-0.2, -0.15) is 0 Å². The number of imidazole rings is 1. The molecule has 0 aliphatic rings. The molecule has 2 rings (SSSR count). The number of hydrogen-bond donors (Lipinski definition) is 2. The molecule has 8 heteroatoms. The molecule has 7 nitrogen and oxygen atoms in total. The van der Waals surface area contributed by atoms with Gasteiger partial charge in [-0.1, -0.05) is 11.8 Å². The quantitative estimate of drug-likeness (QED) is 0.787. The van der Waals surface area contributed by atoms with Gasteiger partial charge in [0.15, 0.2) is 5.16 Å². The highest BCUT2D eigenvalue weighted by Crippen LogP contribution is 2.22. The Morgan fingerprint density at radius 3 is 2.73 bits per heavy atom. The van der Waals surface area contributed by atoms with Crippen LogP contribution in [0.15, 0.2) is 41.8 Å². The number of benzene rings is 1. The number of carbonyl (C=O) groups is 2. The number of aromatic nitrogens is 2. The Morgan fingerprint density at radius 1 is 1.36 bits per heavy atom. The number of nitrogens with one attached hydrogen (secondary N) is 1. The van der Waals surface area contributed by atoms with E-state index in [-0.39, 0.29) is 6.42 Å². The van der Waals surface area contributed by atoms with E-state index >= 15 is 0 Å². The third-order valence-electron chi connectivity index (χ3n) is 2.78. The molecule has 0 unspecified atom stereocenters. The van der Waals surface area contributed by atoms with Crippen molar-refractivity contribution in [2.75, 3.05) is 12.9 Å². The third-order valence-corrected chi connectivity index (χ3v) is 3.75. The SMILES string of the molecule is COc1ccc(-n2ccnc2SCCC(=O)NC(N)=O)cc1. The molecule has 2 aromatic rings. The number of methoxy groups -OCH3 is 1. The van der Waals surface area contributed by atoms with Gasteiger partial charge in [0.25, 0.3) is 0 Å². The third kappa shape index (κ3) is 4.26. The average Bonchev–Trinajstić information content (AvgIpc) is 2.95. The molecular formula is C14H16N4O3S. The molecule has 1 heterocycles. The second-order valence-corrected chi connectivity index (χ2v) is 5.35. The number of nitrogens with zero attached hydrogens (tertiary/aromatic N) is 2. The molecule has 0 saturated carbocycles. The van der Waals surface area contributed by atoms with E-state index in [0.717, 1.165) is 16.6 Å². The highest BCUT2D eigenvalue weighted by atomic mass is 32.2. The topological polar surface area (TPSA) is 99.2 Å². The van der Waals surface area contributed by atoms with Gasteiger partial charge >= 0.3 is 6.03 Å². The van der Waals surface area contributed by atoms with Crippen LogP contribution in [0.1, 0.15) is 6.42 Å². The fraction of sp³-hybridized carbons (Fsp3) is 0.214. The van der Waals surface area contributed by atoms with Crippen LogP contribution in [0, 0.1) is 0 Å². The molecule has 22 heavy (non-hydrogen) atoms. The van der Waals surface area contributed by atoms with Gasteiger partial charge in [0.05, 0.1) is 7.11 Å². The zero-order valence-electron chi connectivity index (χ0n) is 12.0. The summed E-state index contributed by atoms with van der Waals surface area (Å²) < 4.78 is 7.04. The molecule has 0 aliphatic heterocycles. The van der Waals surface area contributed by atoms with Crippen LogP contribution < -0.4 is 15.8 Å². The molecule has 116 valence electrons. The minimum atomic E-state index is -0.838. The van der Waals surface area contributed by atoms with Gasteiger partial charge in [-0.15, -0.1) is 0 Å². The van der Waals surface area contributed by atoms with Crippen molar-refractivity contribution in [3.8, 4) is 11.4 Å². The van der Waals surface area contributed by atoms with Crippen LogP contribution in [0.3, 0.4) is 0 Å². The lowest BCUT2D eigenvalue weighted by atomic mass is 10.3. The van der Waals surface area contributed by atoms with Crippen LogP contribution in [0.25, 0.3) is 5.69 Å². The lowest BCUT2D eigenvalue weighted by Crippen LogP contribution is -2.35. The zero-order valence-corrected chi connectivity index (χ0v) is 12.8. The van der Waals surface area contributed by atoms with Crippen molar-refractivity contribution >= 4 is 23.7 Å². The number of imide groups is 1. The normalized spacial score (nSPS) is 10.2. The Morgan fingerprint density at radius 2 is 2.09 bits per heavy atom. The first kappa shape index (κ1) is 15.9. The van der Waals surface area contributed by atoms with Crippen LogP contribution in [0.2, 0.25) is 0 Å². The summed E-state index contributed by atoms with van der Waals surface area (Å²) in [5, 5.41) is 2.79. The largest absolute Gasteiger partial charge is 0.497 e. The predicted octanol–water partition coefficient (Wildman–Crippen LogP) is 1.56. The second-order valence-electron chi connectivity index (χ2n) is 4.29. The number of rotatable bonds is 6. The van der Waals surface area contributed by atoms with Crippen molar-refractivity contribution < 1.29 is 14.3 Å². The summed E-state index contributed by atoms with van der Waals surface area (Å²) in [6.45, 7) is 0. The Hall–Kier alpha value is -2.48. The van der Waals surface area contributed by atoms with Crippen LogP contribution >= 0.6 is 11.8 Å². The number of nitrogens with two attached hydrogens (primary N) is 1. The lowest BCUT2D eigenvalue weighted by Gasteiger charge is -2.08. The molecule has 0 radical (unpaired) electrons. The summed E-state index contributed by atoms with van der Waals surface area (Å²) in [6, 6.07) is 6.73. The summed E-state index contributed by atoms with van der Waals surface area (Å²) in [5.41, 5.74) is 5.83. The van der Waals surface area contributed by atoms with E-state index in [4.69, 9.17) is 10.5 Å². The van der Waals surface area contributed by atoms with Gasteiger partial charge in [-0.3, -0.25) is 14.7 Å². The molecule has 0 bridgehead atoms. The first-order chi connectivity index (χ1) is 10.6. The van der Waals surface area contributed by atoms with E-state index in [1.165, 1.54) is 11.8 Å². The van der Waals surface area contributed by atoms with Gasteiger partial charge in [-0.05, 0) is 24.3 Å². The summed E-state index contributed by atoms with van der Waals surface area (Å²) in [4.78, 5) is 26.2. The smallest absolute Gasteiger partial charge is 0.318 e. The molecule has 1 aromatic heterocycles. The maximum Gasteiger partial charge on any atom is 0.318 e. The standard InChI is InChI=1S/C14H16N4O3S/c1-21-11-4-2-10(3-5-11)18-8-7-16-14(18)22-9-6-12(19)17-13(15)20/h2-5,7-8H,6,9H2,1H3,(H3,15,17,19,20). The number of carbonyl (C=O) groups excluding carboxylic acids is 2. The van der Waals surface area contributed by atoms with Gasteiger partial charge in [0.1, 0.15) is 5.75 Å². The average molecular weight is 320 g/mol. The fourth-order valence-electron chi connectivity index (χ4n) is 1.77. The number of hydrogen-bond acceptors (Lipinski definition) is 5. The molecule has 0 atom stereocenters. The highest BCUT2D eigenvalue weighted by Gasteiger charge is 2.08. The van der Waals surface area contributed by atoms with Crippen molar-refractivity contribution in [1.82, 2.24) is 14.9 Å². The Labute approximate surface area is 131 Å². The van der Waals surface area contributed by atoms with E-state index in [2.05, 4.69) is 4.98 Å². The fourth-order valence-corrected chi connectivity index (χ4v) is 2.68. The Bertz CT molecular complexity index is 654. The van der Waals surface area contributed by atoms with E-state index in [1.54, 1.807) is 13.3 Å². The van der Waals surface area contributed by atoms with Crippen molar-refractivity contribution in [2.24, 2.45) is 5.73 Å². The van der Waals surface area contributed by atoms with Crippen LogP contribution in [-0.4, -0.2) is 34.4 Å². The van der Waals surface area contributed by atoms with Crippen molar-refractivity contribution in [1.29, 1.82) is 0 Å². The molecule has 0 fully saturated rings. The van der Waals surface area contributed by atoms with E-state index in [0.29, 0.717) is 5.75 Å². The zero-order chi connectivity index (χ0) is 15.9. The molecule has 1 aromatic carbocycles. The molecule has 0 spiro atoms. The monoisotopic (exact) mass is 320 g/mol. The number of primary amides is 1. The van der Waals surface area contributed by atoms with Crippen LogP contribution in [-0.2, 0) is 4.79 Å². The van der Waals surface area contributed by atoms with E-state index < -0.39 is 11.9 Å². The number of urea groups is 1. The molecule has 3 amide bonds. The van der Waals surface area contributed by atoms with E-state index in [1.807, 2.05) is 40.3 Å². The lowest BCUT2D eigenvalue weighted by molar-refractivity contribution is -0.119. The maximum absolute atomic E-state index is 11.3. The first-order valence-corrected chi connectivity index (χ1v) is 7.48. The van der Waals surface area contributed by atoms with Gasteiger partial charge in [-0.25, -0.2) is 9.78 Å². The minimum Gasteiger partial charge on any atom is -0.497 e. The molecule has 0 aliphatic carbocycles. The van der Waals surface area contributed by atoms with Crippen LogP contribution in [0.4, 0.5) is 4.79 Å². The number of amides is 3. The summed E-state index contributed by atoms with van der Waals surface area (Å²) >= 11 is 1.42. The number of thioether (sulfide) groups is 1. The summed E-state index contributed by atoms with van der Waals surface area (Å²) in [5.74, 6) is 0.871. The van der Waals surface area contributed by atoms with Gasteiger partial charge in [0.2, 0.25) is 5.91 Å². The van der Waals surface area contributed by atoms with Gasteiger partial charge in [0, 0.05) is 30.3 Å². The predicted molar refractivity (Wildman–Crippen MR) is 83.2 cm³/mol. The molecule has 3 N–H and O–H groups in total. The number of ether oxygens (including phenoxy) is 1. The summed E-state index contributed by atoms with van der Waals surface area (Å²) in [7, 11) is 1.62. The van der Waals surface area contributed by atoms with Crippen molar-refractivity contribution in [3.63, 3.8) is 0 Å². The van der Waals surface area contributed by atoms with Gasteiger partial charge < -0.3 is 10.5 Å². The summed E-state index contributed by atoms with van der Waals surface area (Å²) in [6.07, 6.45) is 3.72. The van der Waals surface area contributed by atoms with Crippen molar-refractivity contribution in [3.05, 3.63) is 36.7 Å². The highest BCUT2D eigenvalue weighted by molar-refractivity contribution is 7.99. The Kier molecular flexibility index (Phi) is 5.42. The Balaban J connectivity index is 1.97. The second kappa shape index (κ2) is 7.51. The first-order valence-electron chi connectivity index (χ1n) is 6.50. The maximum atomic E-state index is 11.3.